The van der Waals surface area contributed by atoms with E-state index in [9.17, 15) is 74.4 Å². The number of hydrogen-bond donors (Lipinski definition) is 12. The van der Waals surface area contributed by atoms with E-state index in [0.29, 0.717) is 47.0 Å². The first kappa shape index (κ1) is 62.0. The molecule has 2 aromatic heterocycles. The third kappa shape index (κ3) is 15.8. The van der Waals surface area contributed by atoms with Crippen LogP contribution in [0.3, 0.4) is 0 Å². The summed E-state index contributed by atoms with van der Waals surface area (Å²) in [7, 11) is 0. The highest BCUT2D eigenvalue weighted by Gasteiger charge is 2.48. The van der Waals surface area contributed by atoms with Crippen LogP contribution >= 0.6 is 0 Å². The number of carbonyl (C=O) groups is 7. The van der Waals surface area contributed by atoms with Crippen molar-refractivity contribution in [2.45, 2.75) is 133 Å². The van der Waals surface area contributed by atoms with Crippen LogP contribution in [0.25, 0.3) is 0 Å². The first-order valence-corrected chi connectivity index (χ1v) is 25.8. The lowest BCUT2D eigenvalue weighted by molar-refractivity contribution is -0.326. The summed E-state index contributed by atoms with van der Waals surface area (Å²) in [5.74, 6) is -6.51. The SMILES string of the molecule is CC(CC(=O)[C@H](O)[C@H](O)[C@@H](O[C@@H]1O[C@H](CO)[C@H](O)[C@H](O)[C@H]1O)[C@H](O)CO)C(=O)NC(C)C(=O)CC(CC(N)=O)C(=O)Cc1ccc(COC(=O)N2CC(C)(C)c3ccc(NC(=O)c4cccnc4NCc4ccncc4)cc32)cc1. The second kappa shape index (κ2) is 27.8. The number of anilines is 3. The summed E-state index contributed by atoms with van der Waals surface area (Å²) < 4.78 is 16.3. The van der Waals surface area contributed by atoms with E-state index < -0.39 is 152 Å². The van der Waals surface area contributed by atoms with Gasteiger partial charge in [0.1, 0.15) is 67.0 Å². The van der Waals surface area contributed by atoms with Gasteiger partial charge in [0, 0.05) is 80.3 Å². The van der Waals surface area contributed by atoms with Crippen LogP contribution in [0.15, 0.2) is 85.3 Å². The van der Waals surface area contributed by atoms with E-state index in [1.54, 1.807) is 67.1 Å². The molecule has 13 N–H and O–H groups in total. The van der Waals surface area contributed by atoms with Gasteiger partial charge >= 0.3 is 6.09 Å². The fraction of sp³-hybridized carbons (Fsp3) is 0.473. The largest absolute Gasteiger partial charge is 0.444 e. The smallest absolute Gasteiger partial charge is 0.414 e. The molecule has 1 fully saturated rings. The van der Waals surface area contributed by atoms with E-state index in [1.165, 1.54) is 18.7 Å². The molecule has 0 spiro atoms. The average molecular weight is 1120 g/mol. The molecule has 0 saturated carbocycles. The lowest BCUT2D eigenvalue weighted by atomic mass is 9.87. The molecule has 432 valence electrons. The fourth-order valence-corrected chi connectivity index (χ4v) is 9.19. The van der Waals surface area contributed by atoms with Crippen molar-refractivity contribution in [3.8, 4) is 0 Å². The molecule has 2 aromatic carbocycles. The number of ketones is 3. The molecule has 2 aliphatic heterocycles. The number of carbonyl (C=O) groups excluding carboxylic acids is 7. The predicted molar refractivity (Wildman–Crippen MR) is 283 cm³/mol. The summed E-state index contributed by atoms with van der Waals surface area (Å²) in [5, 5.41) is 90.1. The Labute approximate surface area is 460 Å². The molecular weight excluding hydrogens is 1050 g/mol. The number of nitrogens with two attached hydrogens (primary N) is 1. The fourth-order valence-electron chi connectivity index (χ4n) is 9.19. The maximum absolute atomic E-state index is 13.7. The number of hydrogen-bond acceptors (Lipinski definition) is 21. The molecule has 2 aliphatic rings. The summed E-state index contributed by atoms with van der Waals surface area (Å²) in [5.41, 5.74) is 9.24. The third-order valence-corrected chi connectivity index (χ3v) is 13.9. The number of Topliss-reactive ketones (excluding diaryl/α,β-unsaturated/α-hetero) is 3. The molecule has 80 heavy (non-hydrogen) atoms. The van der Waals surface area contributed by atoms with Gasteiger partial charge in [0.25, 0.3) is 5.91 Å². The van der Waals surface area contributed by atoms with Crippen LogP contribution in [-0.4, -0.2) is 173 Å². The van der Waals surface area contributed by atoms with Gasteiger partial charge in [0.2, 0.25) is 11.8 Å². The number of nitrogens with one attached hydrogen (secondary N) is 3. The summed E-state index contributed by atoms with van der Waals surface area (Å²) in [4.78, 5) is 102. The van der Waals surface area contributed by atoms with Crippen LogP contribution in [-0.2, 0) is 63.2 Å². The predicted octanol–water partition coefficient (Wildman–Crippen LogP) is -0.302. The van der Waals surface area contributed by atoms with Crippen molar-refractivity contribution in [1.82, 2.24) is 15.3 Å². The zero-order valence-corrected chi connectivity index (χ0v) is 44.5. The van der Waals surface area contributed by atoms with Crippen molar-refractivity contribution in [3.63, 3.8) is 0 Å². The van der Waals surface area contributed by atoms with Gasteiger partial charge in [-0.05, 0) is 65.6 Å². The Balaban J connectivity index is 0.989. The first-order valence-electron chi connectivity index (χ1n) is 25.8. The monoisotopic (exact) mass is 1120 g/mol. The van der Waals surface area contributed by atoms with Gasteiger partial charge in [-0.1, -0.05) is 51.1 Å². The quantitative estimate of drug-likeness (QED) is 0.0365. The lowest BCUT2D eigenvalue weighted by Gasteiger charge is -2.42. The molecule has 6 rings (SSSR count). The van der Waals surface area contributed by atoms with Crippen LogP contribution in [0.5, 0.6) is 0 Å². The molecule has 12 atom stereocenters. The van der Waals surface area contributed by atoms with Gasteiger partial charge in [0.15, 0.2) is 17.9 Å². The van der Waals surface area contributed by atoms with Crippen LogP contribution in [0, 0.1) is 11.8 Å². The van der Waals surface area contributed by atoms with Crippen LogP contribution < -0.4 is 26.6 Å². The number of ether oxygens (including phenoxy) is 3. The number of nitrogens with zero attached hydrogens (tertiary/aromatic N) is 3. The highest BCUT2D eigenvalue weighted by Crippen LogP contribution is 2.42. The van der Waals surface area contributed by atoms with Crippen molar-refractivity contribution in [3.05, 3.63) is 113 Å². The third-order valence-electron chi connectivity index (χ3n) is 13.9. The van der Waals surface area contributed by atoms with Gasteiger partial charge in [-0.15, -0.1) is 0 Å². The van der Waals surface area contributed by atoms with Gasteiger partial charge in [0.05, 0.1) is 30.5 Å². The highest BCUT2D eigenvalue weighted by molar-refractivity contribution is 6.08. The molecule has 4 heterocycles. The van der Waals surface area contributed by atoms with Crippen molar-refractivity contribution in [1.29, 1.82) is 0 Å². The van der Waals surface area contributed by atoms with E-state index >= 15 is 0 Å². The van der Waals surface area contributed by atoms with Crippen molar-refractivity contribution < 1.29 is 88.6 Å². The molecule has 0 radical (unpaired) electrons. The van der Waals surface area contributed by atoms with Crippen molar-refractivity contribution in [2.24, 2.45) is 17.6 Å². The summed E-state index contributed by atoms with van der Waals surface area (Å²) in [6, 6.07) is 17.6. The Morgan fingerprint density at radius 2 is 1.51 bits per heavy atom. The van der Waals surface area contributed by atoms with E-state index in [4.69, 9.17) is 19.9 Å². The van der Waals surface area contributed by atoms with Crippen molar-refractivity contribution in [2.75, 3.05) is 35.3 Å². The Hall–Kier alpha value is -7.17. The molecule has 0 aliphatic carbocycles. The number of rotatable bonds is 27. The Kier molecular flexibility index (Phi) is 21.6. The van der Waals surface area contributed by atoms with Crippen molar-refractivity contribution >= 4 is 58.4 Å². The second-order valence-corrected chi connectivity index (χ2v) is 20.6. The molecule has 4 amide bonds. The molecule has 4 aromatic rings. The van der Waals surface area contributed by atoms with Gasteiger partial charge in [-0.25, -0.2) is 9.78 Å². The zero-order valence-electron chi connectivity index (χ0n) is 44.5. The Bertz CT molecular complexity index is 2820. The van der Waals surface area contributed by atoms with E-state index in [-0.39, 0.29) is 13.0 Å². The number of amides is 4. The van der Waals surface area contributed by atoms with E-state index in [1.807, 2.05) is 32.0 Å². The number of benzene rings is 2. The zero-order chi connectivity index (χ0) is 58.6. The summed E-state index contributed by atoms with van der Waals surface area (Å²) in [6.45, 7) is 5.17. The standard InChI is InChI=1S/C55H69N7O18/c1-28(18-40(67)44(70)47(73)49(41(68)24-63)80-53-48(74)46(72)45(71)42(25-64)79-53)51(75)60-29(2)38(65)20-33(21-43(56)69)39(66)19-30-7-9-32(10-8-30)26-78-54(77)62-27-55(3,4)36-12-11-34(22-37(36)62)61-52(76)35-6-5-15-58-50(35)59-23-31-13-16-57-17-14-31/h5-17,22,28-29,33,41-42,44-49,53,63-64,68,70-74H,18-21,23-27H2,1-4H3,(H2,56,69)(H,58,59)(H,60,75)(H,61,76)/t28?,29?,33?,41-,42-,44+,45+,46+,47+,48-,49+,53+/m1/s1. The molecule has 25 nitrogen and oxygen atoms in total. The maximum atomic E-state index is 13.7. The number of aliphatic hydroxyl groups is 8. The van der Waals surface area contributed by atoms with Gasteiger partial charge in [-0.3, -0.25) is 38.7 Å². The summed E-state index contributed by atoms with van der Waals surface area (Å²) >= 11 is 0. The van der Waals surface area contributed by atoms with Gasteiger partial charge in [-0.2, -0.15) is 0 Å². The first-order chi connectivity index (χ1) is 37.9. The minimum atomic E-state index is -2.37. The minimum Gasteiger partial charge on any atom is -0.444 e. The molecule has 0 bridgehead atoms. The number of primary amides is 1. The molecule has 25 heteroatoms. The summed E-state index contributed by atoms with van der Waals surface area (Å²) in [6.07, 6.45) is -15.6. The van der Waals surface area contributed by atoms with Crippen LogP contribution in [0.2, 0.25) is 0 Å². The number of aliphatic hydroxyl groups excluding tert-OH is 8. The number of pyridine rings is 2. The lowest BCUT2D eigenvalue weighted by Crippen LogP contribution is -2.61. The Morgan fingerprint density at radius 1 is 0.825 bits per heavy atom. The number of fused-ring (bicyclic) bond motifs is 1. The van der Waals surface area contributed by atoms with Gasteiger partial charge < -0.3 is 76.7 Å². The molecular formula is C55H69N7O18. The highest BCUT2D eigenvalue weighted by atomic mass is 16.7. The normalized spacial score (nSPS) is 21.1. The number of aromatic nitrogens is 2. The second-order valence-electron chi connectivity index (χ2n) is 20.6. The molecule has 1 saturated heterocycles. The molecule has 3 unspecified atom stereocenters. The minimum absolute atomic E-state index is 0.136. The Morgan fingerprint density at radius 3 is 2.17 bits per heavy atom. The van der Waals surface area contributed by atoms with Crippen LogP contribution in [0.4, 0.5) is 22.0 Å². The maximum Gasteiger partial charge on any atom is 0.414 e. The van der Waals surface area contributed by atoms with E-state index in [2.05, 4.69) is 25.9 Å². The average Bonchev–Trinajstić information content (AvgIpc) is 3.87. The topological polar surface area (TPSA) is 400 Å². The van der Waals surface area contributed by atoms with E-state index in [0.717, 1.165) is 11.1 Å². The van der Waals surface area contributed by atoms with Crippen LogP contribution in [0.1, 0.15) is 79.6 Å².